The van der Waals surface area contributed by atoms with Crippen LogP contribution in [0.15, 0.2) is 42.9 Å². The monoisotopic (exact) mass is 692 g/mol. The number of thioether (sulfide) groups is 2. The molecule has 0 aliphatic rings. The molecule has 5 rings (SSSR count). The van der Waals surface area contributed by atoms with Gasteiger partial charge >= 0.3 is 5.97 Å². The van der Waals surface area contributed by atoms with Crippen molar-refractivity contribution in [3.8, 4) is 11.6 Å². The third-order valence-corrected chi connectivity index (χ3v) is 8.13. The molecule has 248 valence electrons. The van der Waals surface area contributed by atoms with Crippen molar-refractivity contribution in [1.29, 1.82) is 0 Å². The molecule has 5 aromatic rings. The number of nitrogens with zero attached hydrogens (tertiary/aromatic N) is 14. The number of aldehydes is 1. The van der Waals surface area contributed by atoms with Gasteiger partial charge in [0.25, 0.3) is 0 Å². The Bertz CT molecular complexity index is 2140. The van der Waals surface area contributed by atoms with Crippen molar-refractivity contribution in [2.75, 3.05) is 31.1 Å². The quantitative estimate of drug-likeness (QED) is 0.0501. The van der Waals surface area contributed by atoms with Gasteiger partial charge in [-0.2, -0.15) is 29.8 Å². The number of hydrogen-bond donors (Lipinski definition) is 2. The number of rotatable bonds is 11. The highest BCUT2D eigenvalue weighted by atomic mass is 32.2. The fraction of sp³-hybridized carbons (Fsp3) is 0.269. The summed E-state index contributed by atoms with van der Waals surface area (Å²) >= 11 is 2.46. The van der Waals surface area contributed by atoms with Gasteiger partial charge in [-0.25, -0.2) is 24.1 Å². The van der Waals surface area contributed by atoms with Crippen molar-refractivity contribution in [3.63, 3.8) is 0 Å². The predicted octanol–water partition coefficient (Wildman–Crippen LogP) is 3.54. The van der Waals surface area contributed by atoms with Gasteiger partial charge in [-0.3, -0.25) is 9.59 Å². The zero-order valence-corrected chi connectivity index (χ0v) is 28.2. The summed E-state index contributed by atoms with van der Waals surface area (Å²) < 4.78 is 10.3. The van der Waals surface area contributed by atoms with E-state index in [1.165, 1.54) is 55.7 Å². The summed E-state index contributed by atoms with van der Waals surface area (Å²) in [6.45, 7) is 3.35. The molecular formula is C26H28N16O4S2. The highest BCUT2D eigenvalue weighted by molar-refractivity contribution is 7.98. The number of anilines is 2. The summed E-state index contributed by atoms with van der Waals surface area (Å²) in [4.78, 5) is 44.6. The SMILES string of the molecule is COC(=O)c1c(SC)nn(C)c1/N=N/c1c(C)nn(-c2cc(-n3nc(C)c(/N=N/c4c(C(=O)C=O)c(SC)nn4C)c3N)ncn2)c1N. The molecule has 0 fully saturated rings. The van der Waals surface area contributed by atoms with Gasteiger partial charge in [0.15, 0.2) is 52.6 Å². The molecule has 0 spiro atoms. The van der Waals surface area contributed by atoms with Crippen molar-refractivity contribution >= 4 is 76.2 Å². The Balaban J connectivity index is 1.49. The molecule has 0 aliphatic carbocycles. The molecule has 0 atom stereocenters. The van der Waals surface area contributed by atoms with Crippen LogP contribution in [0.5, 0.6) is 0 Å². The minimum absolute atomic E-state index is 0.0350. The van der Waals surface area contributed by atoms with Gasteiger partial charge in [0, 0.05) is 20.2 Å². The van der Waals surface area contributed by atoms with E-state index in [1.807, 2.05) is 0 Å². The van der Waals surface area contributed by atoms with Crippen LogP contribution in [-0.4, -0.2) is 86.7 Å². The average molecular weight is 693 g/mol. The summed E-state index contributed by atoms with van der Waals surface area (Å²) in [5, 5.41) is 35.2. The lowest BCUT2D eigenvalue weighted by Gasteiger charge is -2.06. The largest absolute Gasteiger partial charge is 0.465 e. The Kier molecular flexibility index (Phi) is 9.47. The zero-order chi connectivity index (χ0) is 34.9. The molecule has 20 nitrogen and oxygen atoms in total. The molecule has 5 aromatic heterocycles. The lowest BCUT2D eigenvalue weighted by molar-refractivity contribution is -0.104. The topological polar surface area (TPSA) is 259 Å². The highest BCUT2D eigenvalue weighted by Gasteiger charge is 2.25. The second-order valence-corrected chi connectivity index (χ2v) is 11.3. The maximum atomic E-state index is 12.4. The summed E-state index contributed by atoms with van der Waals surface area (Å²) in [5.74, 6) is -0.422. The maximum Gasteiger partial charge on any atom is 0.344 e. The fourth-order valence-electron chi connectivity index (χ4n) is 4.49. The molecule has 22 heteroatoms. The number of nitrogens with two attached hydrogens (primary N) is 2. The normalized spacial score (nSPS) is 11.6. The van der Waals surface area contributed by atoms with E-state index in [0.717, 1.165) is 0 Å². The standard InChI is InChI=1S/C26H28N16O4S2/c1-11-18(31-33-22-16(13(44)9-43)24(47-6)37-39(22)3)20(27)41(35-11)14-8-15(30-10-29-14)42-21(28)19(12(2)36-42)32-34-23-17(26(45)46-5)25(48-7)38-40(23)4/h8-10H,27-28H2,1-7H3/b33-31+,34-32+. The number of methoxy groups -OCH3 is 1. The fourth-order valence-corrected chi connectivity index (χ4v) is 5.67. The summed E-state index contributed by atoms with van der Waals surface area (Å²) in [6.07, 6.45) is 4.98. The van der Waals surface area contributed by atoms with Crippen LogP contribution in [0.4, 0.5) is 34.6 Å². The van der Waals surface area contributed by atoms with Gasteiger partial charge < -0.3 is 16.2 Å². The molecule has 0 saturated carbocycles. The lowest BCUT2D eigenvalue weighted by Crippen LogP contribution is -2.09. The van der Waals surface area contributed by atoms with Gasteiger partial charge in [0.2, 0.25) is 5.78 Å². The van der Waals surface area contributed by atoms with E-state index >= 15 is 0 Å². The molecule has 0 amide bonds. The second kappa shape index (κ2) is 13.5. The van der Waals surface area contributed by atoms with Crippen LogP contribution in [0.25, 0.3) is 11.6 Å². The highest BCUT2D eigenvalue weighted by Crippen LogP contribution is 2.35. The molecule has 0 aliphatic heterocycles. The van der Waals surface area contributed by atoms with E-state index in [4.69, 9.17) is 16.2 Å². The summed E-state index contributed by atoms with van der Waals surface area (Å²) in [7, 11) is 4.47. The molecule has 0 aromatic carbocycles. The molecule has 48 heavy (non-hydrogen) atoms. The number of esters is 1. The Hall–Kier alpha value is -5.77. The number of nitrogen functional groups attached to an aromatic ring is 2. The number of ether oxygens (including phenoxy) is 1. The minimum atomic E-state index is -0.777. The van der Waals surface area contributed by atoms with Gasteiger partial charge in [-0.05, 0) is 26.4 Å². The zero-order valence-electron chi connectivity index (χ0n) is 26.6. The van der Waals surface area contributed by atoms with Crippen LogP contribution in [-0.2, 0) is 23.6 Å². The van der Waals surface area contributed by atoms with Crippen molar-refractivity contribution in [1.82, 2.24) is 49.1 Å². The van der Waals surface area contributed by atoms with Crippen LogP contribution in [0.1, 0.15) is 32.1 Å². The Morgan fingerprint density at radius 2 is 1.25 bits per heavy atom. The Labute approximate surface area is 280 Å². The second-order valence-electron chi connectivity index (χ2n) is 9.73. The number of Topliss-reactive ketones (excluding diaryl/α,β-unsaturated/α-hetero) is 1. The predicted molar refractivity (Wildman–Crippen MR) is 175 cm³/mol. The number of aromatic nitrogens is 10. The molecule has 5 heterocycles. The number of hydrogen-bond acceptors (Lipinski definition) is 18. The Morgan fingerprint density at radius 3 is 1.69 bits per heavy atom. The van der Waals surface area contributed by atoms with Gasteiger partial charge in [0.1, 0.15) is 27.5 Å². The summed E-state index contributed by atoms with van der Waals surface area (Å²) in [5.41, 5.74) is 14.3. The number of carbonyl (C=O) groups is 3. The molecule has 4 N–H and O–H groups in total. The molecule has 0 bridgehead atoms. The number of carbonyl (C=O) groups excluding carboxylic acids is 3. The van der Waals surface area contributed by atoms with Crippen LogP contribution >= 0.6 is 23.5 Å². The van der Waals surface area contributed by atoms with Crippen molar-refractivity contribution in [2.45, 2.75) is 23.9 Å². The molecule has 0 unspecified atom stereocenters. The third kappa shape index (κ3) is 5.92. The van der Waals surface area contributed by atoms with E-state index in [-0.39, 0.29) is 63.7 Å². The van der Waals surface area contributed by atoms with Crippen LogP contribution in [0, 0.1) is 13.8 Å². The van der Waals surface area contributed by atoms with Crippen molar-refractivity contribution < 1.29 is 19.1 Å². The average Bonchev–Trinajstić information content (AvgIpc) is 3.77. The van der Waals surface area contributed by atoms with E-state index in [1.54, 1.807) is 46.5 Å². The third-order valence-electron chi connectivity index (χ3n) is 6.79. The first kappa shape index (κ1) is 33.6. The van der Waals surface area contributed by atoms with Crippen LogP contribution in [0.2, 0.25) is 0 Å². The Morgan fingerprint density at radius 1 is 0.792 bits per heavy atom. The van der Waals surface area contributed by atoms with Crippen molar-refractivity contribution in [2.24, 2.45) is 34.6 Å². The summed E-state index contributed by atoms with van der Waals surface area (Å²) in [6, 6.07) is 1.54. The van der Waals surface area contributed by atoms with Crippen LogP contribution < -0.4 is 11.5 Å². The van der Waals surface area contributed by atoms with E-state index in [0.29, 0.717) is 21.4 Å². The lowest BCUT2D eigenvalue weighted by atomic mass is 10.2. The van der Waals surface area contributed by atoms with Gasteiger partial charge in [-0.1, -0.05) is 0 Å². The smallest absolute Gasteiger partial charge is 0.344 e. The van der Waals surface area contributed by atoms with E-state index in [2.05, 4.69) is 50.8 Å². The van der Waals surface area contributed by atoms with Crippen LogP contribution in [0.3, 0.4) is 0 Å². The number of aryl methyl sites for hydroxylation is 4. The first-order chi connectivity index (χ1) is 22.9. The van der Waals surface area contributed by atoms with E-state index in [9.17, 15) is 14.4 Å². The first-order valence-electron chi connectivity index (χ1n) is 13.6. The maximum absolute atomic E-state index is 12.4. The van der Waals surface area contributed by atoms with Gasteiger partial charge in [0.05, 0.1) is 18.5 Å². The minimum Gasteiger partial charge on any atom is -0.465 e. The number of ketones is 1. The first-order valence-corrected chi connectivity index (χ1v) is 16.1. The molecule has 0 radical (unpaired) electrons. The molecule has 0 saturated heterocycles. The number of azo groups is 2. The molecular weight excluding hydrogens is 665 g/mol. The van der Waals surface area contributed by atoms with E-state index < -0.39 is 11.8 Å². The van der Waals surface area contributed by atoms with Crippen molar-refractivity contribution in [3.05, 3.63) is 34.9 Å². The van der Waals surface area contributed by atoms with Gasteiger partial charge in [-0.15, -0.1) is 44.0 Å².